The third-order valence-electron chi connectivity index (χ3n) is 3.17. The van der Waals surface area contributed by atoms with Crippen LogP contribution in [0.3, 0.4) is 0 Å². The summed E-state index contributed by atoms with van der Waals surface area (Å²) < 4.78 is 0. The number of hydrogen-bond donors (Lipinski definition) is 2. The second kappa shape index (κ2) is 6.85. The summed E-state index contributed by atoms with van der Waals surface area (Å²) in [5, 5.41) is 6.75. The number of anilines is 1. The van der Waals surface area contributed by atoms with Crippen LogP contribution in [0.5, 0.6) is 0 Å². The number of hydrogen-bond acceptors (Lipinski definition) is 4. The van der Waals surface area contributed by atoms with Crippen molar-refractivity contribution in [1.82, 2.24) is 10.3 Å². The summed E-state index contributed by atoms with van der Waals surface area (Å²) in [6.07, 6.45) is 7.41. The number of aryl methyl sites for hydroxylation is 2. The summed E-state index contributed by atoms with van der Waals surface area (Å²) in [6.45, 7) is 0.877. The van der Waals surface area contributed by atoms with Gasteiger partial charge in [0, 0.05) is 11.3 Å². The van der Waals surface area contributed by atoms with Crippen LogP contribution in [0.2, 0.25) is 0 Å². The van der Waals surface area contributed by atoms with Crippen molar-refractivity contribution in [2.75, 3.05) is 18.9 Å². The van der Waals surface area contributed by atoms with Gasteiger partial charge >= 0.3 is 0 Å². The Bertz CT molecular complexity index is 379. The lowest BCUT2D eigenvalue weighted by Gasteiger charge is -2.01. The Hall–Kier alpha value is -0.940. The number of nitrogens with one attached hydrogen (secondary N) is 2. The first-order valence-electron chi connectivity index (χ1n) is 6.72. The fourth-order valence-electron chi connectivity index (χ4n) is 2.19. The van der Waals surface area contributed by atoms with Gasteiger partial charge in [-0.3, -0.25) is 4.79 Å². The molecule has 4 nitrogen and oxygen atoms in total. The number of carbonyl (C=O) groups excluding carboxylic acids is 1. The van der Waals surface area contributed by atoms with Crippen molar-refractivity contribution in [2.24, 2.45) is 0 Å². The molecule has 2 N–H and O–H groups in total. The van der Waals surface area contributed by atoms with Gasteiger partial charge in [-0.15, -0.1) is 11.3 Å². The molecule has 1 aromatic heterocycles. The number of nitrogens with zero attached hydrogens (tertiary/aromatic N) is 1. The molecule has 2 rings (SSSR count). The summed E-state index contributed by atoms with van der Waals surface area (Å²) in [7, 11) is 1.90. The van der Waals surface area contributed by atoms with Gasteiger partial charge in [0.1, 0.15) is 0 Å². The number of carbonyl (C=O) groups is 1. The largest absolute Gasteiger partial charge is 0.320 e. The van der Waals surface area contributed by atoms with Crippen LogP contribution < -0.4 is 10.6 Å². The van der Waals surface area contributed by atoms with Crippen LogP contribution in [-0.2, 0) is 17.6 Å². The van der Waals surface area contributed by atoms with E-state index in [1.807, 2.05) is 7.05 Å². The van der Waals surface area contributed by atoms with Crippen LogP contribution in [0.25, 0.3) is 0 Å². The quantitative estimate of drug-likeness (QED) is 0.636. The van der Waals surface area contributed by atoms with Gasteiger partial charge in [0.2, 0.25) is 5.91 Å². The second-order valence-corrected chi connectivity index (χ2v) is 5.79. The SMILES string of the molecule is CNCCCC(=O)Nc1nc2c(s1)CCCCC2. The van der Waals surface area contributed by atoms with Crippen molar-refractivity contribution in [3.8, 4) is 0 Å². The van der Waals surface area contributed by atoms with E-state index in [0.717, 1.165) is 30.9 Å². The van der Waals surface area contributed by atoms with E-state index < -0.39 is 0 Å². The van der Waals surface area contributed by atoms with Crippen LogP contribution in [0, 0.1) is 0 Å². The monoisotopic (exact) mass is 267 g/mol. The van der Waals surface area contributed by atoms with E-state index in [-0.39, 0.29) is 5.91 Å². The average molecular weight is 267 g/mol. The molecule has 0 aromatic carbocycles. The summed E-state index contributed by atoms with van der Waals surface area (Å²) in [4.78, 5) is 17.6. The smallest absolute Gasteiger partial charge is 0.226 e. The zero-order chi connectivity index (χ0) is 12.8. The van der Waals surface area contributed by atoms with E-state index in [1.54, 1.807) is 11.3 Å². The van der Waals surface area contributed by atoms with Crippen LogP contribution in [-0.4, -0.2) is 24.5 Å². The molecule has 0 atom stereocenters. The van der Waals surface area contributed by atoms with Gasteiger partial charge in [-0.05, 0) is 45.7 Å². The van der Waals surface area contributed by atoms with Crippen LogP contribution in [0.15, 0.2) is 0 Å². The van der Waals surface area contributed by atoms with E-state index in [9.17, 15) is 4.79 Å². The predicted octanol–water partition coefficient (Wildman–Crippen LogP) is 2.35. The minimum Gasteiger partial charge on any atom is -0.320 e. The Labute approximate surface area is 112 Å². The molecule has 1 heterocycles. The molecule has 5 heteroatoms. The lowest BCUT2D eigenvalue weighted by molar-refractivity contribution is -0.116. The number of fused-ring (bicyclic) bond motifs is 1. The summed E-state index contributed by atoms with van der Waals surface area (Å²) in [6, 6.07) is 0. The van der Waals surface area contributed by atoms with Crippen molar-refractivity contribution in [3.63, 3.8) is 0 Å². The molecule has 1 aromatic rings. The molecule has 0 aliphatic heterocycles. The van der Waals surface area contributed by atoms with Gasteiger partial charge in [-0.25, -0.2) is 4.98 Å². The molecule has 0 fully saturated rings. The molecule has 1 aliphatic carbocycles. The lowest BCUT2D eigenvalue weighted by Crippen LogP contribution is -2.15. The Balaban J connectivity index is 1.88. The highest BCUT2D eigenvalue weighted by Crippen LogP contribution is 2.28. The fraction of sp³-hybridized carbons (Fsp3) is 0.692. The molecule has 1 amide bonds. The van der Waals surface area contributed by atoms with E-state index in [2.05, 4.69) is 15.6 Å². The van der Waals surface area contributed by atoms with Crippen LogP contribution in [0.4, 0.5) is 5.13 Å². The third-order valence-corrected chi connectivity index (χ3v) is 4.25. The summed E-state index contributed by atoms with van der Waals surface area (Å²) in [5.74, 6) is 0.0779. The van der Waals surface area contributed by atoms with E-state index in [0.29, 0.717) is 6.42 Å². The van der Waals surface area contributed by atoms with E-state index in [1.165, 1.54) is 29.8 Å². The zero-order valence-electron chi connectivity index (χ0n) is 10.9. The van der Waals surface area contributed by atoms with Crippen LogP contribution in [0.1, 0.15) is 42.7 Å². The van der Waals surface area contributed by atoms with Gasteiger partial charge in [0.25, 0.3) is 0 Å². The Morgan fingerprint density at radius 2 is 2.17 bits per heavy atom. The van der Waals surface area contributed by atoms with Crippen molar-refractivity contribution in [1.29, 1.82) is 0 Å². The predicted molar refractivity (Wildman–Crippen MR) is 75.2 cm³/mol. The number of aromatic nitrogens is 1. The maximum Gasteiger partial charge on any atom is 0.226 e. The maximum absolute atomic E-state index is 11.7. The van der Waals surface area contributed by atoms with E-state index >= 15 is 0 Å². The van der Waals surface area contributed by atoms with Crippen molar-refractivity contribution in [3.05, 3.63) is 10.6 Å². The van der Waals surface area contributed by atoms with Gasteiger partial charge in [0.05, 0.1) is 5.69 Å². The van der Waals surface area contributed by atoms with Crippen molar-refractivity contribution < 1.29 is 4.79 Å². The molecule has 0 saturated carbocycles. The highest BCUT2D eigenvalue weighted by atomic mass is 32.1. The molecule has 0 bridgehead atoms. The molecule has 0 spiro atoms. The first-order valence-corrected chi connectivity index (χ1v) is 7.54. The Morgan fingerprint density at radius 1 is 1.33 bits per heavy atom. The maximum atomic E-state index is 11.7. The van der Waals surface area contributed by atoms with Gasteiger partial charge in [-0.2, -0.15) is 0 Å². The standard InChI is InChI=1S/C13H21N3OS/c1-14-9-5-8-12(17)16-13-15-10-6-3-2-4-7-11(10)18-13/h14H,2-9H2,1H3,(H,15,16,17). The minimum atomic E-state index is 0.0779. The first-order chi connectivity index (χ1) is 8.79. The molecule has 0 radical (unpaired) electrons. The average Bonchev–Trinajstić information content (AvgIpc) is 2.59. The van der Waals surface area contributed by atoms with Gasteiger partial charge < -0.3 is 10.6 Å². The third kappa shape index (κ3) is 3.78. The van der Waals surface area contributed by atoms with Crippen molar-refractivity contribution >= 4 is 22.4 Å². The van der Waals surface area contributed by atoms with E-state index in [4.69, 9.17) is 0 Å². The fourth-order valence-corrected chi connectivity index (χ4v) is 3.26. The van der Waals surface area contributed by atoms with Crippen molar-refractivity contribution in [2.45, 2.75) is 44.9 Å². The molecule has 0 unspecified atom stereocenters. The summed E-state index contributed by atoms with van der Waals surface area (Å²) >= 11 is 1.66. The zero-order valence-corrected chi connectivity index (χ0v) is 11.7. The molecule has 18 heavy (non-hydrogen) atoms. The molecule has 1 aliphatic rings. The highest BCUT2D eigenvalue weighted by Gasteiger charge is 2.15. The first kappa shape index (κ1) is 13.5. The highest BCUT2D eigenvalue weighted by molar-refractivity contribution is 7.15. The molecule has 100 valence electrons. The molecular formula is C13H21N3OS. The number of thiazole rings is 1. The lowest BCUT2D eigenvalue weighted by atomic mass is 10.2. The Kier molecular flexibility index (Phi) is 5.13. The van der Waals surface area contributed by atoms with Crippen LogP contribution >= 0.6 is 11.3 Å². The normalized spacial score (nSPS) is 14.9. The molecular weight excluding hydrogens is 246 g/mol. The number of amides is 1. The number of rotatable bonds is 5. The molecule has 0 saturated heterocycles. The van der Waals surface area contributed by atoms with Gasteiger partial charge in [-0.1, -0.05) is 6.42 Å². The Morgan fingerprint density at radius 3 is 3.00 bits per heavy atom. The second-order valence-electron chi connectivity index (χ2n) is 4.70. The summed E-state index contributed by atoms with van der Waals surface area (Å²) in [5.41, 5.74) is 1.21. The topological polar surface area (TPSA) is 54.0 Å². The van der Waals surface area contributed by atoms with Gasteiger partial charge in [0.15, 0.2) is 5.13 Å². The minimum absolute atomic E-state index is 0.0779.